The Hall–Kier alpha value is -3.33. The van der Waals surface area contributed by atoms with E-state index in [1.807, 2.05) is 0 Å². The van der Waals surface area contributed by atoms with Gasteiger partial charge in [0.2, 0.25) is 0 Å². The molecule has 0 aliphatic rings. The van der Waals surface area contributed by atoms with Crippen LogP contribution in [0.4, 0.5) is 0 Å². The zero-order valence-electron chi connectivity index (χ0n) is 51.5. The Balaban J connectivity index is 3.96. The van der Waals surface area contributed by atoms with Crippen LogP contribution in [0.5, 0.6) is 0 Å². The highest BCUT2D eigenvalue weighted by atomic mass is 31.2. The number of phosphoric acid groups is 1. The minimum atomic E-state index is -4.40. The molecule has 80 heavy (non-hydrogen) atoms. The zero-order valence-corrected chi connectivity index (χ0v) is 52.4. The number of hydrogen-bond donors (Lipinski definition) is 2. The predicted octanol–water partition coefficient (Wildman–Crippen LogP) is 21.4. The number of phosphoric ester groups is 1. The molecule has 0 heterocycles. The van der Waals surface area contributed by atoms with E-state index >= 15 is 0 Å². The Bertz CT molecular complexity index is 1680. The number of hydrogen-bond acceptors (Lipinski definition) is 8. The van der Waals surface area contributed by atoms with E-state index in [0.29, 0.717) is 6.42 Å². The van der Waals surface area contributed by atoms with Crippen molar-refractivity contribution in [2.45, 2.75) is 296 Å². The topological polar surface area (TPSA) is 134 Å². The summed E-state index contributed by atoms with van der Waals surface area (Å²) >= 11 is 0. The minimum absolute atomic E-state index is 0.0493. The summed E-state index contributed by atoms with van der Waals surface area (Å²) in [5.74, 6) is -0.829. The van der Waals surface area contributed by atoms with Gasteiger partial charge in [-0.25, -0.2) is 4.57 Å². The van der Waals surface area contributed by atoms with Crippen LogP contribution >= 0.6 is 7.82 Å². The highest BCUT2D eigenvalue weighted by molar-refractivity contribution is 7.47. The monoisotopic (exact) mass is 1140 g/mol. The van der Waals surface area contributed by atoms with E-state index in [0.717, 1.165) is 103 Å². The molecule has 0 bridgehead atoms. The number of carbonyl (C=O) groups is 2. The lowest BCUT2D eigenvalue weighted by atomic mass is 10.0. The maximum absolute atomic E-state index is 12.7. The van der Waals surface area contributed by atoms with Gasteiger partial charge in [-0.15, -0.1) is 0 Å². The molecule has 0 aromatic carbocycles. The van der Waals surface area contributed by atoms with Gasteiger partial charge in [-0.05, 0) is 83.5 Å². The van der Waals surface area contributed by atoms with E-state index in [1.165, 1.54) is 154 Å². The van der Waals surface area contributed by atoms with Crippen LogP contribution < -0.4 is 5.73 Å². The third kappa shape index (κ3) is 63.8. The van der Waals surface area contributed by atoms with Gasteiger partial charge in [0.25, 0.3) is 0 Å². The van der Waals surface area contributed by atoms with Gasteiger partial charge in [0.15, 0.2) is 6.10 Å². The third-order valence-corrected chi connectivity index (χ3v) is 14.9. The van der Waals surface area contributed by atoms with Crippen LogP contribution in [0.3, 0.4) is 0 Å². The summed E-state index contributed by atoms with van der Waals surface area (Å²) in [5.41, 5.74) is 5.39. The van der Waals surface area contributed by atoms with Crippen molar-refractivity contribution in [3.63, 3.8) is 0 Å². The summed E-state index contributed by atoms with van der Waals surface area (Å²) in [6, 6.07) is 0. The second-order valence-corrected chi connectivity index (χ2v) is 23.1. The third-order valence-electron chi connectivity index (χ3n) is 13.9. The fraction of sp³-hybridized carbons (Fsp3) is 0.714. The molecular weight excluding hydrogens is 1010 g/mol. The predicted molar refractivity (Wildman–Crippen MR) is 344 cm³/mol. The van der Waals surface area contributed by atoms with Crippen LogP contribution in [-0.4, -0.2) is 49.3 Å². The van der Waals surface area contributed by atoms with Crippen molar-refractivity contribution >= 4 is 19.8 Å². The van der Waals surface area contributed by atoms with Crippen molar-refractivity contribution in [3.8, 4) is 0 Å². The van der Waals surface area contributed by atoms with Gasteiger partial charge in [-0.1, -0.05) is 303 Å². The smallest absolute Gasteiger partial charge is 0.462 e. The summed E-state index contributed by atoms with van der Waals surface area (Å²) in [5, 5.41) is 0. The first-order valence-corrected chi connectivity index (χ1v) is 34.4. The van der Waals surface area contributed by atoms with E-state index in [9.17, 15) is 19.0 Å². The van der Waals surface area contributed by atoms with Crippen molar-refractivity contribution in [2.75, 3.05) is 26.4 Å². The summed E-state index contributed by atoms with van der Waals surface area (Å²) in [4.78, 5) is 35.3. The molecule has 0 aromatic rings. The Morgan fingerprint density at radius 2 is 0.688 bits per heavy atom. The highest BCUT2D eigenvalue weighted by Crippen LogP contribution is 2.43. The Morgan fingerprint density at radius 1 is 0.388 bits per heavy atom. The lowest BCUT2D eigenvalue weighted by Crippen LogP contribution is -2.29. The normalized spacial score (nSPS) is 13.7. The van der Waals surface area contributed by atoms with E-state index < -0.39 is 26.5 Å². The Morgan fingerprint density at radius 3 is 1.02 bits per heavy atom. The van der Waals surface area contributed by atoms with Gasteiger partial charge < -0.3 is 20.1 Å². The molecule has 2 atom stereocenters. The van der Waals surface area contributed by atoms with E-state index in [1.54, 1.807) is 0 Å². The van der Waals surface area contributed by atoms with Crippen molar-refractivity contribution in [2.24, 2.45) is 5.73 Å². The van der Waals surface area contributed by atoms with Crippen molar-refractivity contribution in [1.82, 2.24) is 0 Å². The second-order valence-electron chi connectivity index (χ2n) is 21.6. The fourth-order valence-corrected chi connectivity index (χ4v) is 9.87. The molecule has 0 spiro atoms. The quantitative estimate of drug-likeness (QED) is 0.0264. The Labute approximate surface area is 492 Å². The highest BCUT2D eigenvalue weighted by Gasteiger charge is 2.26. The largest absolute Gasteiger partial charge is 0.472 e. The van der Waals surface area contributed by atoms with Crippen molar-refractivity contribution < 1.29 is 37.6 Å². The molecule has 3 N–H and O–H groups in total. The SMILES string of the molecule is CC/C=C\C/C=C\C/C=C\C/C=C\C/C=C\C/C=C\C/C=C\C/C=C\C/C=C\CCCCCCCCCCCC(=O)OC(COC(=O)CCCCCCCCCCCCCCCCCCCCCCCC)COP(=O)(O)OCCN. The molecule has 0 amide bonds. The van der Waals surface area contributed by atoms with Crippen molar-refractivity contribution in [1.29, 1.82) is 0 Å². The number of nitrogens with two attached hydrogens (primary N) is 1. The molecule has 0 saturated heterocycles. The maximum atomic E-state index is 12.7. The second kappa shape index (κ2) is 64.8. The van der Waals surface area contributed by atoms with Gasteiger partial charge >= 0.3 is 19.8 Å². The molecule has 10 heteroatoms. The average Bonchev–Trinajstić information content (AvgIpc) is 3.45. The van der Waals surface area contributed by atoms with Crippen LogP contribution in [0.2, 0.25) is 0 Å². The molecule has 9 nitrogen and oxygen atoms in total. The van der Waals surface area contributed by atoms with Crippen LogP contribution in [0.15, 0.2) is 109 Å². The number of carbonyl (C=O) groups excluding carboxylic acids is 2. The van der Waals surface area contributed by atoms with Crippen LogP contribution in [0.1, 0.15) is 290 Å². The fourth-order valence-electron chi connectivity index (χ4n) is 9.10. The average molecular weight is 1140 g/mol. The number of ether oxygens (including phenoxy) is 2. The number of allylic oxidation sites excluding steroid dienone is 18. The molecule has 0 radical (unpaired) electrons. The van der Waals surface area contributed by atoms with Crippen LogP contribution in [-0.2, 0) is 32.7 Å². The lowest BCUT2D eigenvalue weighted by Gasteiger charge is -2.19. The van der Waals surface area contributed by atoms with E-state index in [4.69, 9.17) is 24.3 Å². The molecule has 0 aromatic heterocycles. The van der Waals surface area contributed by atoms with Gasteiger partial charge in [0.05, 0.1) is 13.2 Å². The van der Waals surface area contributed by atoms with Gasteiger partial charge in [0.1, 0.15) is 6.61 Å². The molecule has 0 saturated carbocycles. The summed E-state index contributed by atoms with van der Waals surface area (Å²) < 4.78 is 33.1. The first-order chi connectivity index (χ1) is 39.3. The maximum Gasteiger partial charge on any atom is 0.472 e. The molecule has 0 rings (SSSR count). The first kappa shape index (κ1) is 76.7. The molecule has 0 fully saturated rings. The molecule has 2 unspecified atom stereocenters. The molecule has 0 aliphatic heterocycles. The van der Waals surface area contributed by atoms with Crippen LogP contribution in [0, 0.1) is 0 Å². The number of unbranched alkanes of at least 4 members (excludes halogenated alkanes) is 30. The van der Waals surface area contributed by atoms with Gasteiger partial charge in [-0.3, -0.25) is 18.6 Å². The van der Waals surface area contributed by atoms with Gasteiger partial charge in [-0.2, -0.15) is 0 Å². The van der Waals surface area contributed by atoms with E-state index in [-0.39, 0.29) is 38.6 Å². The van der Waals surface area contributed by atoms with Crippen molar-refractivity contribution in [3.05, 3.63) is 109 Å². The summed E-state index contributed by atoms with van der Waals surface area (Å²) in [6.45, 7) is 3.65. The summed E-state index contributed by atoms with van der Waals surface area (Å²) in [6.07, 6.45) is 88.7. The Kier molecular flexibility index (Phi) is 62.1. The minimum Gasteiger partial charge on any atom is -0.462 e. The van der Waals surface area contributed by atoms with Crippen LogP contribution in [0.25, 0.3) is 0 Å². The number of rotatable bonds is 61. The van der Waals surface area contributed by atoms with E-state index in [2.05, 4.69) is 123 Å². The standard InChI is InChI=1S/C70H122NO8P/c1-3-5-7-9-11-13-15-17-19-21-23-25-27-28-29-30-31-32-33-34-35-36-37-38-39-40-41-43-45-47-49-51-53-55-57-59-61-63-70(73)79-68(67-78-80(74,75)77-65-64-71)66-76-69(72)62-60-58-56-54-52-50-48-46-44-42-26-24-22-20-18-16-14-12-10-8-6-4-2/h5,7,11,13,17,19,23,25,28-29,31-32,34-35,37-38,40-41,68H,3-4,6,8-10,12,14-16,18,20-22,24,26-27,30,33,36,39,42-67,71H2,1-2H3,(H,74,75)/b7-5-,13-11-,19-17-,25-23-,29-28-,32-31-,35-34-,38-37-,41-40-. The molecule has 0 aliphatic carbocycles. The summed E-state index contributed by atoms with van der Waals surface area (Å²) in [7, 11) is -4.40. The number of esters is 2. The zero-order chi connectivity index (χ0) is 58.0. The lowest BCUT2D eigenvalue weighted by molar-refractivity contribution is -0.161. The van der Waals surface area contributed by atoms with Gasteiger partial charge in [0, 0.05) is 19.4 Å². The molecule has 460 valence electrons. The first-order valence-electron chi connectivity index (χ1n) is 32.9. The molecular formula is C70H122NO8P.